The van der Waals surface area contributed by atoms with E-state index < -0.39 is 0 Å². The van der Waals surface area contributed by atoms with Crippen LogP contribution in [0, 0.1) is 0 Å². The number of benzene rings is 2. The quantitative estimate of drug-likeness (QED) is 0.803. The van der Waals surface area contributed by atoms with Crippen molar-refractivity contribution in [3.05, 3.63) is 59.7 Å². The van der Waals surface area contributed by atoms with Gasteiger partial charge in [0, 0.05) is 31.1 Å². The normalized spacial score (nSPS) is 15.3. The molecule has 122 valence electrons. The van der Waals surface area contributed by atoms with Crippen molar-refractivity contribution in [3.8, 4) is 11.5 Å². The zero-order valence-corrected chi connectivity index (χ0v) is 14.3. The first-order valence-electron chi connectivity index (χ1n) is 7.99. The molecule has 0 bridgehead atoms. The van der Waals surface area contributed by atoms with Crippen molar-refractivity contribution in [2.45, 2.75) is 13.2 Å². The van der Waals surface area contributed by atoms with Crippen LogP contribution in [0.4, 0.5) is 0 Å². The summed E-state index contributed by atoms with van der Waals surface area (Å²) in [5.41, 5.74) is 2.44. The van der Waals surface area contributed by atoms with Gasteiger partial charge in [0.25, 0.3) is 0 Å². The molecule has 0 saturated carbocycles. The third-order valence-corrected chi connectivity index (χ3v) is 4.92. The van der Waals surface area contributed by atoms with Crippen molar-refractivity contribution >= 4 is 11.8 Å². The molecule has 2 aromatic carbocycles. The SMILES string of the molecule is COc1ccc(CN2CCSCC2)cc1OCc1ccccc1. The molecular formula is C19H23NO2S. The lowest BCUT2D eigenvalue weighted by Gasteiger charge is -2.26. The zero-order chi connectivity index (χ0) is 15.9. The Bertz CT molecular complexity index is 612. The molecule has 0 radical (unpaired) electrons. The Morgan fingerprint density at radius 3 is 2.48 bits per heavy atom. The maximum absolute atomic E-state index is 6.00. The Balaban J connectivity index is 1.68. The van der Waals surface area contributed by atoms with Gasteiger partial charge in [-0.25, -0.2) is 0 Å². The average Bonchev–Trinajstić information content (AvgIpc) is 2.62. The highest BCUT2D eigenvalue weighted by atomic mass is 32.2. The molecule has 23 heavy (non-hydrogen) atoms. The number of ether oxygens (including phenoxy) is 2. The van der Waals surface area contributed by atoms with Crippen molar-refractivity contribution in [2.75, 3.05) is 31.7 Å². The number of hydrogen-bond donors (Lipinski definition) is 0. The molecule has 1 fully saturated rings. The lowest BCUT2D eigenvalue weighted by atomic mass is 10.2. The number of hydrogen-bond acceptors (Lipinski definition) is 4. The van der Waals surface area contributed by atoms with Gasteiger partial charge < -0.3 is 9.47 Å². The van der Waals surface area contributed by atoms with Gasteiger partial charge in [0.1, 0.15) is 6.61 Å². The van der Waals surface area contributed by atoms with Crippen molar-refractivity contribution in [1.29, 1.82) is 0 Å². The van der Waals surface area contributed by atoms with E-state index in [1.807, 2.05) is 36.0 Å². The van der Waals surface area contributed by atoms with Crippen LogP contribution in [-0.4, -0.2) is 36.6 Å². The molecule has 2 aromatic rings. The molecule has 4 heteroatoms. The van der Waals surface area contributed by atoms with E-state index >= 15 is 0 Å². The fourth-order valence-corrected chi connectivity index (χ4v) is 3.66. The van der Waals surface area contributed by atoms with Gasteiger partial charge in [-0.2, -0.15) is 11.8 Å². The maximum Gasteiger partial charge on any atom is 0.161 e. The van der Waals surface area contributed by atoms with Gasteiger partial charge in [-0.1, -0.05) is 36.4 Å². The minimum atomic E-state index is 0.557. The summed E-state index contributed by atoms with van der Waals surface area (Å²) >= 11 is 2.04. The summed E-state index contributed by atoms with van der Waals surface area (Å²) in [5.74, 6) is 4.07. The summed E-state index contributed by atoms with van der Waals surface area (Å²) in [6, 6.07) is 16.5. The molecule has 0 aromatic heterocycles. The van der Waals surface area contributed by atoms with Crippen LogP contribution >= 0.6 is 11.8 Å². The molecule has 0 atom stereocenters. The predicted octanol–water partition coefficient (Wildman–Crippen LogP) is 3.82. The number of thioether (sulfide) groups is 1. The molecule has 0 spiro atoms. The molecule has 0 amide bonds. The number of rotatable bonds is 6. The largest absolute Gasteiger partial charge is 0.493 e. The van der Waals surface area contributed by atoms with Crippen LogP contribution < -0.4 is 9.47 Å². The van der Waals surface area contributed by atoms with Gasteiger partial charge >= 0.3 is 0 Å². The maximum atomic E-state index is 6.00. The molecule has 1 aliphatic rings. The van der Waals surface area contributed by atoms with E-state index in [1.54, 1.807) is 7.11 Å². The molecule has 3 rings (SSSR count). The summed E-state index contributed by atoms with van der Waals surface area (Å²) in [7, 11) is 1.69. The fourth-order valence-electron chi connectivity index (χ4n) is 2.69. The Kier molecular flexibility index (Phi) is 5.83. The smallest absolute Gasteiger partial charge is 0.161 e. The van der Waals surface area contributed by atoms with E-state index in [0.29, 0.717) is 6.61 Å². The summed E-state index contributed by atoms with van der Waals surface area (Å²) in [4.78, 5) is 2.50. The molecule has 0 N–H and O–H groups in total. The highest BCUT2D eigenvalue weighted by Gasteiger charge is 2.12. The molecule has 0 unspecified atom stereocenters. The standard InChI is InChI=1S/C19H23NO2S/c1-21-18-8-7-17(14-20-9-11-23-12-10-20)13-19(18)22-15-16-5-3-2-4-6-16/h2-8,13H,9-12,14-15H2,1H3. The van der Waals surface area contributed by atoms with E-state index in [-0.39, 0.29) is 0 Å². The van der Waals surface area contributed by atoms with E-state index in [2.05, 4.69) is 29.2 Å². The molecule has 0 aliphatic carbocycles. The topological polar surface area (TPSA) is 21.7 Å². The minimum Gasteiger partial charge on any atom is -0.493 e. The molecule has 1 heterocycles. The highest BCUT2D eigenvalue weighted by molar-refractivity contribution is 7.99. The van der Waals surface area contributed by atoms with Crippen molar-refractivity contribution in [2.24, 2.45) is 0 Å². The summed E-state index contributed by atoms with van der Waals surface area (Å²) < 4.78 is 11.4. The Morgan fingerprint density at radius 1 is 0.957 bits per heavy atom. The second kappa shape index (κ2) is 8.27. The monoisotopic (exact) mass is 329 g/mol. The second-order valence-electron chi connectivity index (χ2n) is 5.65. The molecule has 3 nitrogen and oxygen atoms in total. The predicted molar refractivity (Wildman–Crippen MR) is 96.4 cm³/mol. The highest BCUT2D eigenvalue weighted by Crippen LogP contribution is 2.29. The lowest BCUT2D eigenvalue weighted by Crippen LogP contribution is -2.31. The Morgan fingerprint density at radius 2 is 1.74 bits per heavy atom. The van der Waals surface area contributed by atoms with Crippen LogP contribution in [0.3, 0.4) is 0 Å². The fraction of sp³-hybridized carbons (Fsp3) is 0.368. The van der Waals surface area contributed by atoms with Gasteiger partial charge in [0.05, 0.1) is 7.11 Å². The van der Waals surface area contributed by atoms with Gasteiger partial charge in [0.15, 0.2) is 11.5 Å². The van der Waals surface area contributed by atoms with Gasteiger partial charge in [-0.3, -0.25) is 4.90 Å². The van der Waals surface area contributed by atoms with E-state index in [0.717, 1.165) is 36.7 Å². The van der Waals surface area contributed by atoms with E-state index in [9.17, 15) is 0 Å². The summed E-state index contributed by atoms with van der Waals surface area (Å²) in [6.07, 6.45) is 0. The number of methoxy groups -OCH3 is 1. The van der Waals surface area contributed by atoms with Crippen LogP contribution in [0.2, 0.25) is 0 Å². The lowest BCUT2D eigenvalue weighted by molar-refractivity contribution is 0.278. The molecular weight excluding hydrogens is 306 g/mol. The third-order valence-electron chi connectivity index (χ3n) is 3.98. The minimum absolute atomic E-state index is 0.557. The van der Waals surface area contributed by atoms with E-state index in [4.69, 9.17) is 9.47 Å². The Labute approximate surface area is 142 Å². The van der Waals surface area contributed by atoms with Crippen molar-refractivity contribution < 1.29 is 9.47 Å². The van der Waals surface area contributed by atoms with Gasteiger partial charge in [-0.15, -0.1) is 0 Å². The second-order valence-corrected chi connectivity index (χ2v) is 6.87. The van der Waals surface area contributed by atoms with Crippen LogP contribution in [0.15, 0.2) is 48.5 Å². The van der Waals surface area contributed by atoms with Gasteiger partial charge in [-0.05, 0) is 23.3 Å². The average molecular weight is 329 g/mol. The summed E-state index contributed by atoms with van der Waals surface area (Å²) in [6.45, 7) is 3.86. The first-order valence-corrected chi connectivity index (χ1v) is 9.14. The van der Waals surface area contributed by atoms with Crippen LogP contribution in [0.5, 0.6) is 11.5 Å². The zero-order valence-electron chi connectivity index (χ0n) is 13.5. The van der Waals surface area contributed by atoms with Crippen molar-refractivity contribution in [1.82, 2.24) is 4.90 Å². The van der Waals surface area contributed by atoms with Crippen LogP contribution in [0.25, 0.3) is 0 Å². The van der Waals surface area contributed by atoms with Crippen LogP contribution in [-0.2, 0) is 13.2 Å². The molecule has 1 saturated heterocycles. The third kappa shape index (κ3) is 4.66. The van der Waals surface area contributed by atoms with Crippen molar-refractivity contribution in [3.63, 3.8) is 0 Å². The summed E-state index contributed by atoms with van der Waals surface area (Å²) in [5, 5.41) is 0. The number of nitrogens with zero attached hydrogens (tertiary/aromatic N) is 1. The first kappa shape index (κ1) is 16.2. The first-order chi connectivity index (χ1) is 11.3. The Hall–Kier alpha value is -1.65. The van der Waals surface area contributed by atoms with Crippen LogP contribution in [0.1, 0.15) is 11.1 Å². The van der Waals surface area contributed by atoms with Gasteiger partial charge in [0.2, 0.25) is 0 Å². The molecule has 1 aliphatic heterocycles. The van der Waals surface area contributed by atoms with E-state index in [1.165, 1.54) is 17.1 Å².